The molecule has 3 N–H and O–H groups in total. The van der Waals surface area contributed by atoms with Crippen LogP contribution >= 0.6 is 0 Å². The Morgan fingerprint density at radius 3 is 2.88 bits per heavy atom. The van der Waals surface area contributed by atoms with Crippen LogP contribution in [0.25, 0.3) is 10.8 Å². The van der Waals surface area contributed by atoms with Gasteiger partial charge in [-0.05, 0) is 30.8 Å². The van der Waals surface area contributed by atoms with Gasteiger partial charge < -0.3 is 11.1 Å². The minimum absolute atomic E-state index is 0.401. The van der Waals surface area contributed by atoms with E-state index in [-0.39, 0.29) is 0 Å². The SMILES string of the molecule is CCC(CCN)Nc1nccc2ccccc12. The van der Waals surface area contributed by atoms with E-state index in [1.165, 1.54) is 10.8 Å². The minimum atomic E-state index is 0.401. The molecule has 0 fully saturated rings. The number of fused-ring (bicyclic) bond motifs is 1. The average Bonchev–Trinajstić information content (AvgIpc) is 2.38. The lowest BCUT2D eigenvalue weighted by atomic mass is 10.1. The fourth-order valence-electron chi connectivity index (χ4n) is 2.01. The highest BCUT2D eigenvalue weighted by atomic mass is 15.0. The van der Waals surface area contributed by atoms with Gasteiger partial charge in [0.15, 0.2) is 0 Å². The molecule has 17 heavy (non-hydrogen) atoms. The van der Waals surface area contributed by atoms with Gasteiger partial charge in [0, 0.05) is 17.6 Å². The topological polar surface area (TPSA) is 50.9 Å². The molecule has 0 amide bonds. The van der Waals surface area contributed by atoms with Crippen molar-refractivity contribution in [2.75, 3.05) is 11.9 Å². The Kier molecular flexibility index (Phi) is 3.94. The molecule has 1 atom stereocenters. The fraction of sp³-hybridized carbons (Fsp3) is 0.357. The number of hydrogen-bond acceptors (Lipinski definition) is 3. The van der Waals surface area contributed by atoms with E-state index in [9.17, 15) is 0 Å². The number of rotatable bonds is 5. The van der Waals surface area contributed by atoms with Gasteiger partial charge in [0.25, 0.3) is 0 Å². The standard InChI is InChI=1S/C14H19N3/c1-2-12(7-9-15)17-14-13-6-4-3-5-11(13)8-10-16-14/h3-6,8,10,12H,2,7,9,15H2,1H3,(H,16,17). The van der Waals surface area contributed by atoms with Crippen molar-refractivity contribution in [3.63, 3.8) is 0 Å². The molecular formula is C14H19N3. The predicted octanol–water partition coefficient (Wildman–Crippen LogP) is 2.77. The van der Waals surface area contributed by atoms with E-state index in [1.807, 2.05) is 24.4 Å². The van der Waals surface area contributed by atoms with Gasteiger partial charge in [0.2, 0.25) is 0 Å². The fourth-order valence-corrected chi connectivity index (χ4v) is 2.01. The zero-order chi connectivity index (χ0) is 12.1. The van der Waals surface area contributed by atoms with Crippen molar-refractivity contribution >= 4 is 16.6 Å². The van der Waals surface area contributed by atoms with Gasteiger partial charge in [-0.15, -0.1) is 0 Å². The van der Waals surface area contributed by atoms with Crippen LogP contribution in [0.4, 0.5) is 5.82 Å². The van der Waals surface area contributed by atoms with Gasteiger partial charge in [-0.3, -0.25) is 0 Å². The molecule has 3 heteroatoms. The van der Waals surface area contributed by atoms with E-state index in [0.29, 0.717) is 12.6 Å². The molecular weight excluding hydrogens is 210 g/mol. The molecule has 1 heterocycles. The molecule has 0 saturated carbocycles. The number of nitrogens with one attached hydrogen (secondary N) is 1. The summed E-state index contributed by atoms with van der Waals surface area (Å²) in [6.45, 7) is 2.87. The van der Waals surface area contributed by atoms with Gasteiger partial charge in [0.05, 0.1) is 0 Å². The van der Waals surface area contributed by atoms with Gasteiger partial charge in [-0.1, -0.05) is 31.2 Å². The van der Waals surface area contributed by atoms with Crippen LogP contribution in [0.3, 0.4) is 0 Å². The maximum absolute atomic E-state index is 5.61. The summed E-state index contributed by atoms with van der Waals surface area (Å²) in [7, 11) is 0. The summed E-state index contributed by atoms with van der Waals surface area (Å²) < 4.78 is 0. The summed E-state index contributed by atoms with van der Waals surface area (Å²) in [5.41, 5.74) is 5.61. The Morgan fingerprint density at radius 2 is 2.12 bits per heavy atom. The highest BCUT2D eigenvalue weighted by molar-refractivity contribution is 5.91. The lowest BCUT2D eigenvalue weighted by Gasteiger charge is -2.17. The molecule has 0 aliphatic heterocycles. The molecule has 0 aliphatic rings. The second kappa shape index (κ2) is 5.64. The smallest absolute Gasteiger partial charge is 0.134 e. The van der Waals surface area contributed by atoms with Crippen molar-refractivity contribution < 1.29 is 0 Å². The van der Waals surface area contributed by atoms with Crippen molar-refractivity contribution in [1.29, 1.82) is 0 Å². The summed E-state index contributed by atoms with van der Waals surface area (Å²) >= 11 is 0. The van der Waals surface area contributed by atoms with E-state index in [0.717, 1.165) is 18.7 Å². The highest BCUT2D eigenvalue weighted by Gasteiger charge is 2.07. The van der Waals surface area contributed by atoms with Crippen molar-refractivity contribution in [3.8, 4) is 0 Å². The Balaban J connectivity index is 2.28. The third-order valence-corrected chi connectivity index (χ3v) is 3.02. The molecule has 90 valence electrons. The van der Waals surface area contributed by atoms with Crippen molar-refractivity contribution in [3.05, 3.63) is 36.5 Å². The van der Waals surface area contributed by atoms with Crippen LogP contribution in [-0.4, -0.2) is 17.6 Å². The van der Waals surface area contributed by atoms with Gasteiger partial charge >= 0.3 is 0 Å². The average molecular weight is 229 g/mol. The van der Waals surface area contributed by atoms with Gasteiger partial charge in [-0.2, -0.15) is 0 Å². The van der Waals surface area contributed by atoms with Crippen molar-refractivity contribution in [2.45, 2.75) is 25.8 Å². The molecule has 1 unspecified atom stereocenters. The quantitative estimate of drug-likeness (QED) is 0.829. The summed E-state index contributed by atoms with van der Waals surface area (Å²) in [6, 6.07) is 10.7. The molecule has 0 saturated heterocycles. The minimum Gasteiger partial charge on any atom is -0.367 e. The molecule has 0 bridgehead atoms. The van der Waals surface area contributed by atoms with Crippen LogP contribution in [0.2, 0.25) is 0 Å². The monoisotopic (exact) mass is 229 g/mol. The molecule has 2 rings (SSSR count). The lowest BCUT2D eigenvalue weighted by molar-refractivity contribution is 0.640. The van der Waals surface area contributed by atoms with E-state index in [1.54, 1.807) is 0 Å². The first-order chi connectivity index (χ1) is 8.35. The number of pyridine rings is 1. The molecule has 1 aromatic heterocycles. The molecule has 0 aliphatic carbocycles. The zero-order valence-electron chi connectivity index (χ0n) is 10.2. The summed E-state index contributed by atoms with van der Waals surface area (Å²) in [6.07, 6.45) is 3.88. The van der Waals surface area contributed by atoms with E-state index in [2.05, 4.69) is 29.4 Å². The zero-order valence-corrected chi connectivity index (χ0v) is 10.2. The Bertz CT molecular complexity index is 476. The molecule has 3 nitrogen and oxygen atoms in total. The molecule has 0 spiro atoms. The second-order valence-electron chi connectivity index (χ2n) is 4.21. The van der Waals surface area contributed by atoms with Gasteiger partial charge in [0.1, 0.15) is 5.82 Å². The molecule has 1 aromatic carbocycles. The number of aromatic nitrogens is 1. The Morgan fingerprint density at radius 1 is 1.29 bits per heavy atom. The Hall–Kier alpha value is -1.61. The first kappa shape index (κ1) is 11.9. The Labute approximate surface area is 102 Å². The maximum atomic E-state index is 5.61. The summed E-state index contributed by atoms with van der Waals surface area (Å²) in [4.78, 5) is 4.42. The number of nitrogens with two attached hydrogens (primary N) is 1. The second-order valence-corrected chi connectivity index (χ2v) is 4.21. The number of benzene rings is 1. The number of nitrogens with zero attached hydrogens (tertiary/aromatic N) is 1. The van der Waals surface area contributed by atoms with Crippen molar-refractivity contribution in [1.82, 2.24) is 4.98 Å². The van der Waals surface area contributed by atoms with Crippen LogP contribution in [-0.2, 0) is 0 Å². The third kappa shape index (κ3) is 2.74. The first-order valence-corrected chi connectivity index (χ1v) is 6.15. The van der Waals surface area contributed by atoms with Crippen LogP contribution in [0.5, 0.6) is 0 Å². The van der Waals surface area contributed by atoms with Crippen LogP contribution in [0.15, 0.2) is 36.5 Å². The van der Waals surface area contributed by atoms with Crippen LogP contribution < -0.4 is 11.1 Å². The van der Waals surface area contributed by atoms with Crippen molar-refractivity contribution in [2.24, 2.45) is 5.73 Å². The molecule has 2 aromatic rings. The summed E-state index contributed by atoms with van der Waals surface area (Å²) in [5, 5.41) is 5.87. The lowest BCUT2D eigenvalue weighted by Crippen LogP contribution is -2.22. The van der Waals surface area contributed by atoms with E-state index in [4.69, 9.17) is 5.73 Å². The predicted molar refractivity (Wildman–Crippen MR) is 73.1 cm³/mol. The normalized spacial score (nSPS) is 12.6. The van der Waals surface area contributed by atoms with Gasteiger partial charge in [-0.25, -0.2) is 4.98 Å². The van der Waals surface area contributed by atoms with E-state index >= 15 is 0 Å². The first-order valence-electron chi connectivity index (χ1n) is 6.15. The number of hydrogen-bond donors (Lipinski definition) is 2. The van der Waals surface area contributed by atoms with Crippen LogP contribution in [0.1, 0.15) is 19.8 Å². The number of anilines is 1. The summed E-state index contributed by atoms with van der Waals surface area (Å²) in [5.74, 6) is 0.961. The highest BCUT2D eigenvalue weighted by Crippen LogP contribution is 2.21. The third-order valence-electron chi connectivity index (χ3n) is 3.02. The molecule has 0 radical (unpaired) electrons. The largest absolute Gasteiger partial charge is 0.367 e. The maximum Gasteiger partial charge on any atom is 0.134 e. The van der Waals surface area contributed by atoms with Crippen LogP contribution in [0, 0.1) is 0 Å². The van der Waals surface area contributed by atoms with E-state index < -0.39 is 0 Å².